The van der Waals surface area contributed by atoms with E-state index in [1.165, 1.54) is 10.4 Å². The number of hydrogen-bond acceptors (Lipinski definition) is 5. The molecule has 1 aromatic carbocycles. The number of hydrogen-bond donors (Lipinski definition) is 1. The van der Waals surface area contributed by atoms with Gasteiger partial charge in [0.1, 0.15) is 10.6 Å². The van der Waals surface area contributed by atoms with Crippen LogP contribution >= 0.6 is 0 Å². The molecule has 0 radical (unpaired) electrons. The van der Waals surface area contributed by atoms with Crippen molar-refractivity contribution in [2.75, 3.05) is 25.0 Å². The van der Waals surface area contributed by atoms with Gasteiger partial charge in [-0.3, -0.25) is 9.48 Å². The third-order valence-corrected chi connectivity index (χ3v) is 7.33. The highest BCUT2D eigenvalue weighted by molar-refractivity contribution is 7.89. The molecule has 0 saturated heterocycles. The standard InChI is InChI=1S/C23H36N4O4S/c1-8-26(9-2)32(29,30)22-13-19(11-12-21(22)31-10-3)24-23(28)14-20-17(6)25-27(18(20)7)15-16(4)5/h11-13,16H,8-10,14-15H2,1-7H3,(H,24,28). The Morgan fingerprint density at radius 1 is 1.19 bits per heavy atom. The summed E-state index contributed by atoms with van der Waals surface area (Å²) in [5, 5.41) is 7.40. The van der Waals surface area contributed by atoms with Gasteiger partial charge in [-0.05, 0) is 44.9 Å². The van der Waals surface area contributed by atoms with E-state index in [-0.39, 0.29) is 23.0 Å². The highest BCUT2D eigenvalue weighted by Crippen LogP contribution is 2.30. The molecule has 0 saturated carbocycles. The fraction of sp³-hybridized carbons (Fsp3) is 0.565. The van der Waals surface area contributed by atoms with Crippen LogP contribution in [0.2, 0.25) is 0 Å². The lowest BCUT2D eigenvalue weighted by molar-refractivity contribution is -0.115. The van der Waals surface area contributed by atoms with E-state index in [1.807, 2.05) is 18.5 Å². The fourth-order valence-electron chi connectivity index (χ4n) is 3.64. The Kier molecular flexibility index (Phi) is 8.86. The molecule has 8 nitrogen and oxygen atoms in total. The number of aromatic nitrogens is 2. The molecule has 1 heterocycles. The molecular weight excluding hydrogens is 428 g/mol. The van der Waals surface area contributed by atoms with E-state index in [0.717, 1.165) is 23.5 Å². The van der Waals surface area contributed by atoms with Crippen molar-refractivity contribution in [2.45, 2.75) is 66.3 Å². The molecular formula is C23H36N4O4S. The van der Waals surface area contributed by atoms with E-state index in [1.54, 1.807) is 32.9 Å². The van der Waals surface area contributed by atoms with Gasteiger partial charge in [-0.1, -0.05) is 27.7 Å². The number of benzene rings is 1. The van der Waals surface area contributed by atoms with Gasteiger partial charge in [0.05, 0.1) is 18.7 Å². The van der Waals surface area contributed by atoms with Crippen molar-refractivity contribution in [2.24, 2.45) is 5.92 Å². The van der Waals surface area contributed by atoms with Crippen molar-refractivity contribution in [1.82, 2.24) is 14.1 Å². The number of carbonyl (C=O) groups excluding carboxylic acids is 1. The molecule has 0 aliphatic rings. The lowest BCUT2D eigenvalue weighted by atomic mass is 10.1. The molecule has 0 unspecified atom stereocenters. The molecule has 9 heteroatoms. The maximum atomic E-state index is 13.1. The van der Waals surface area contributed by atoms with E-state index in [0.29, 0.717) is 31.3 Å². The van der Waals surface area contributed by atoms with E-state index in [9.17, 15) is 13.2 Å². The largest absolute Gasteiger partial charge is 0.492 e. The normalized spacial score (nSPS) is 11.9. The monoisotopic (exact) mass is 464 g/mol. The first kappa shape index (κ1) is 25.9. The molecule has 0 atom stereocenters. The summed E-state index contributed by atoms with van der Waals surface area (Å²) in [6, 6.07) is 4.72. The first-order valence-electron chi connectivity index (χ1n) is 11.1. The SMILES string of the molecule is CCOc1ccc(NC(=O)Cc2c(C)nn(CC(C)C)c2C)cc1S(=O)(=O)N(CC)CC. The number of rotatable bonds is 11. The Bertz CT molecular complexity index is 1040. The van der Waals surface area contributed by atoms with E-state index < -0.39 is 10.0 Å². The molecule has 0 spiro atoms. The van der Waals surface area contributed by atoms with Crippen molar-refractivity contribution in [1.29, 1.82) is 0 Å². The molecule has 178 valence electrons. The summed E-state index contributed by atoms with van der Waals surface area (Å²) in [6.07, 6.45) is 0.168. The van der Waals surface area contributed by atoms with Crippen molar-refractivity contribution in [3.05, 3.63) is 35.2 Å². The highest BCUT2D eigenvalue weighted by atomic mass is 32.2. The molecule has 2 aromatic rings. The predicted octanol–water partition coefficient (Wildman–Crippen LogP) is 3.77. The lowest BCUT2D eigenvalue weighted by Crippen LogP contribution is -2.31. The van der Waals surface area contributed by atoms with Crippen LogP contribution in [-0.2, 0) is 27.8 Å². The summed E-state index contributed by atoms with van der Waals surface area (Å²) in [7, 11) is -3.75. The van der Waals surface area contributed by atoms with E-state index >= 15 is 0 Å². The number of anilines is 1. The summed E-state index contributed by atoms with van der Waals surface area (Å²) in [5.41, 5.74) is 3.11. The van der Waals surface area contributed by atoms with Crippen LogP contribution in [-0.4, -0.2) is 48.1 Å². The molecule has 1 amide bonds. The van der Waals surface area contributed by atoms with Crippen LogP contribution in [0.15, 0.2) is 23.1 Å². The van der Waals surface area contributed by atoms with E-state index in [4.69, 9.17) is 4.74 Å². The Balaban J connectivity index is 2.30. The molecule has 0 fully saturated rings. The second-order valence-electron chi connectivity index (χ2n) is 8.13. The van der Waals surface area contributed by atoms with Crippen molar-refractivity contribution in [3.8, 4) is 5.75 Å². The van der Waals surface area contributed by atoms with Gasteiger partial charge in [-0.15, -0.1) is 0 Å². The molecule has 0 aliphatic carbocycles. The Morgan fingerprint density at radius 3 is 2.41 bits per heavy atom. The average Bonchev–Trinajstić information content (AvgIpc) is 2.96. The minimum absolute atomic E-state index is 0.0537. The summed E-state index contributed by atoms with van der Waals surface area (Å²) < 4.78 is 35.1. The summed E-state index contributed by atoms with van der Waals surface area (Å²) in [6.45, 7) is 15.3. The van der Waals surface area contributed by atoms with Crippen molar-refractivity contribution in [3.63, 3.8) is 0 Å². The maximum absolute atomic E-state index is 13.1. The van der Waals surface area contributed by atoms with Crippen molar-refractivity contribution < 1.29 is 17.9 Å². The smallest absolute Gasteiger partial charge is 0.246 e. The zero-order valence-corrected chi connectivity index (χ0v) is 21.0. The number of carbonyl (C=O) groups is 1. The predicted molar refractivity (Wildman–Crippen MR) is 127 cm³/mol. The Hall–Kier alpha value is -2.39. The summed E-state index contributed by atoms with van der Waals surface area (Å²) in [4.78, 5) is 12.9. The zero-order chi connectivity index (χ0) is 24.1. The van der Waals surface area contributed by atoms with Gasteiger partial charge in [0.15, 0.2) is 0 Å². The van der Waals surface area contributed by atoms with Crippen LogP contribution in [0.3, 0.4) is 0 Å². The minimum atomic E-state index is -3.75. The van der Waals surface area contributed by atoms with Gasteiger partial charge in [-0.25, -0.2) is 8.42 Å². The number of aryl methyl sites for hydroxylation is 1. The van der Waals surface area contributed by atoms with Gasteiger partial charge in [-0.2, -0.15) is 9.40 Å². The zero-order valence-electron chi connectivity index (χ0n) is 20.2. The van der Waals surface area contributed by atoms with Crippen LogP contribution in [0.5, 0.6) is 5.75 Å². The van der Waals surface area contributed by atoms with Crippen LogP contribution < -0.4 is 10.1 Å². The minimum Gasteiger partial charge on any atom is -0.492 e. The van der Waals surface area contributed by atoms with Crippen LogP contribution in [0.4, 0.5) is 5.69 Å². The number of nitrogens with one attached hydrogen (secondary N) is 1. The molecule has 0 bridgehead atoms. The number of ether oxygens (including phenoxy) is 1. The number of nitrogens with zero attached hydrogens (tertiary/aromatic N) is 3. The third kappa shape index (κ3) is 5.89. The molecule has 32 heavy (non-hydrogen) atoms. The van der Waals surface area contributed by atoms with Gasteiger partial charge in [0, 0.05) is 36.6 Å². The molecule has 1 N–H and O–H groups in total. The summed E-state index contributed by atoms with van der Waals surface area (Å²) in [5.74, 6) is 0.499. The van der Waals surface area contributed by atoms with Crippen LogP contribution in [0.25, 0.3) is 0 Å². The van der Waals surface area contributed by atoms with Crippen molar-refractivity contribution >= 4 is 21.6 Å². The van der Waals surface area contributed by atoms with Gasteiger partial charge in [0.25, 0.3) is 0 Å². The van der Waals surface area contributed by atoms with Crippen LogP contribution in [0, 0.1) is 19.8 Å². The number of amides is 1. The first-order valence-corrected chi connectivity index (χ1v) is 12.6. The Morgan fingerprint density at radius 2 is 1.84 bits per heavy atom. The second-order valence-corrected chi connectivity index (χ2v) is 10.0. The molecule has 2 rings (SSSR count). The second kappa shape index (κ2) is 11.0. The third-order valence-electron chi connectivity index (χ3n) is 5.26. The lowest BCUT2D eigenvalue weighted by Gasteiger charge is -2.21. The topological polar surface area (TPSA) is 93.5 Å². The number of sulfonamides is 1. The van der Waals surface area contributed by atoms with E-state index in [2.05, 4.69) is 24.3 Å². The van der Waals surface area contributed by atoms with Gasteiger partial charge < -0.3 is 10.1 Å². The summed E-state index contributed by atoms with van der Waals surface area (Å²) >= 11 is 0. The van der Waals surface area contributed by atoms with Gasteiger partial charge >= 0.3 is 0 Å². The maximum Gasteiger partial charge on any atom is 0.246 e. The average molecular weight is 465 g/mol. The molecule has 0 aliphatic heterocycles. The quantitative estimate of drug-likeness (QED) is 0.546. The van der Waals surface area contributed by atoms with Gasteiger partial charge in [0.2, 0.25) is 15.9 Å². The van der Waals surface area contributed by atoms with Crippen LogP contribution in [0.1, 0.15) is 51.6 Å². The first-order chi connectivity index (χ1) is 15.0. The molecule has 1 aromatic heterocycles. The fourth-order valence-corrected chi connectivity index (χ4v) is 5.26. The highest BCUT2D eigenvalue weighted by Gasteiger charge is 2.26. The Labute approximate surface area is 192 Å².